The first-order chi connectivity index (χ1) is 8.24. The predicted molar refractivity (Wildman–Crippen MR) is 60.1 cm³/mol. The molecular formula is C13H9FN2O. The molecule has 0 saturated carbocycles. The number of Topliss-reactive ketones (excluding diaryl/α,β-unsaturated/α-hetero) is 1. The zero-order valence-electron chi connectivity index (χ0n) is 8.98. The van der Waals surface area contributed by atoms with Crippen LogP contribution in [0, 0.1) is 5.82 Å². The molecule has 3 rings (SSSR count). The van der Waals surface area contributed by atoms with Gasteiger partial charge in [-0.05, 0) is 30.7 Å². The van der Waals surface area contributed by atoms with E-state index in [1.165, 1.54) is 12.1 Å². The fraction of sp³-hybridized carbons (Fsp3) is 0.154. The van der Waals surface area contributed by atoms with Crippen molar-refractivity contribution in [3.8, 4) is 11.4 Å². The second kappa shape index (κ2) is 3.73. The molecule has 0 N–H and O–H groups in total. The number of ketones is 1. The van der Waals surface area contributed by atoms with Crippen LogP contribution in [0.3, 0.4) is 0 Å². The first kappa shape index (κ1) is 10.1. The molecule has 17 heavy (non-hydrogen) atoms. The second-order valence-electron chi connectivity index (χ2n) is 3.98. The molecular weight excluding hydrogens is 219 g/mol. The summed E-state index contributed by atoms with van der Waals surface area (Å²) < 4.78 is 12.8. The van der Waals surface area contributed by atoms with Gasteiger partial charge < -0.3 is 0 Å². The fourth-order valence-electron chi connectivity index (χ4n) is 1.95. The van der Waals surface area contributed by atoms with Crippen molar-refractivity contribution >= 4 is 5.78 Å². The summed E-state index contributed by atoms with van der Waals surface area (Å²) in [6, 6.07) is 6.01. The van der Waals surface area contributed by atoms with E-state index in [9.17, 15) is 9.18 Å². The molecule has 0 bridgehead atoms. The zero-order valence-corrected chi connectivity index (χ0v) is 8.98. The van der Waals surface area contributed by atoms with E-state index in [-0.39, 0.29) is 11.6 Å². The third-order valence-electron chi connectivity index (χ3n) is 2.86. The number of fused-ring (bicyclic) bond motifs is 1. The summed E-state index contributed by atoms with van der Waals surface area (Å²) in [4.78, 5) is 19.9. The summed E-state index contributed by atoms with van der Waals surface area (Å²) in [6.45, 7) is 0. The molecule has 1 aliphatic carbocycles. The van der Waals surface area contributed by atoms with Crippen LogP contribution in [-0.2, 0) is 6.42 Å². The monoisotopic (exact) mass is 228 g/mol. The zero-order chi connectivity index (χ0) is 11.8. The van der Waals surface area contributed by atoms with Gasteiger partial charge in [0.15, 0.2) is 11.6 Å². The highest BCUT2D eigenvalue weighted by atomic mass is 19.1. The molecule has 1 aromatic heterocycles. The molecule has 1 aliphatic rings. The summed E-state index contributed by atoms with van der Waals surface area (Å²) >= 11 is 0. The lowest BCUT2D eigenvalue weighted by Crippen LogP contribution is -1.97. The van der Waals surface area contributed by atoms with Crippen molar-refractivity contribution in [2.45, 2.75) is 12.8 Å². The maximum absolute atomic E-state index is 12.8. The average molecular weight is 228 g/mol. The molecule has 0 radical (unpaired) electrons. The Morgan fingerprint density at radius 3 is 2.65 bits per heavy atom. The normalized spacial score (nSPS) is 13.8. The van der Waals surface area contributed by atoms with Gasteiger partial charge in [0.2, 0.25) is 0 Å². The Hall–Kier alpha value is -2.10. The minimum atomic E-state index is -0.287. The summed E-state index contributed by atoms with van der Waals surface area (Å²) in [7, 11) is 0. The summed E-state index contributed by atoms with van der Waals surface area (Å²) in [5.74, 6) is 0.356. The molecule has 4 heteroatoms. The number of nitrogens with zero attached hydrogens (tertiary/aromatic N) is 2. The number of carbonyl (C=O) groups excluding carboxylic acids is 1. The van der Waals surface area contributed by atoms with Gasteiger partial charge in [-0.25, -0.2) is 14.4 Å². The van der Waals surface area contributed by atoms with Crippen LogP contribution in [0.25, 0.3) is 11.4 Å². The first-order valence-corrected chi connectivity index (χ1v) is 5.39. The van der Waals surface area contributed by atoms with Gasteiger partial charge in [-0.15, -0.1) is 0 Å². The fourth-order valence-corrected chi connectivity index (χ4v) is 1.95. The van der Waals surface area contributed by atoms with Crippen LogP contribution < -0.4 is 0 Å². The number of hydrogen-bond acceptors (Lipinski definition) is 3. The largest absolute Gasteiger partial charge is 0.294 e. The highest BCUT2D eigenvalue weighted by Crippen LogP contribution is 2.22. The molecule has 0 unspecified atom stereocenters. The number of halogens is 1. The first-order valence-electron chi connectivity index (χ1n) is 5.39. The summed E-state index contributed by atoms with van der Waals surface area (Å²) in [6.07, 6.45) is 2.75. The van der Waals surface area contributed by atoms with Gasteiger partial charge in [0.05, 0.1) is 11.3 Å². The number of aromatic nitrogens is 2. The number of hydrogen-bond donors (Lipinski definition) is 0. The number of aryl methyl sites for hydroxylation is 1. The highest BCUT2D eigenvalue weighted by molar-refractivity contribution is 5.99. The summed E-state index contributed by atoms with van der Waals surface area (Å²) in [5.41, 5.74) is 2.17. The van der Waals surface area contributed by atoms with Crippen LogP contribution in [-0.4, -0.2) is 15.8 Å². The number of rotatable bonds is 1. The number of benzene rings is 1. The van der Waals surface area contributed by atoms with Crippen molar-refractivity contribution in [2.24, 2.45) is 0 Å². The Morgan fingerprint density at radius 2 is 1.88 bits per heavy atom. The standard InChI is InChI=1S/C13H9FN2O/c14-9-3-1-8(2-4-9)13-15-7-10-11(16-13)5-6-12(10)17/h1-4,7H,5-6H2. The van der Waals surface area contributed by atoms with E-state index in [4.69, 9.17) is 0 Å². The molecule has 0 spiro atoms. The van der Waals surface area contributed by atoms with Gasteiger partial charge in [0.1, 0.15) is 5.82 Å². The highest BCUT2D eigenvalue weighted by Gasteiger charge is 2.21. The SMILES string of the molecule is O=C1CCc2nc(-c3ccc(F)cc3)ncc21. The van der Waals surface area contributed by atoms with Crippen molar-refractivity contribution in [3.63, 3.8) is 0 Å². The molecule has 0 aliphatic heterocycles. The van der Waals surface area contributed by atoms with E-state index in [0.717, 1.165) is 11.3 Å². The Balaban J connectivity index is 2.05. The Bertz CT molecular complexity index is 593. The summed E-state index contributed by atoms with van der Waals surface area (Å²) in [5, 5.41) is 0. The Kier molecular flexibility index (Phi) is 2.21. The molecule has 2 aromatic rings. The third kappa shape index (κ3) is 1.71. The molecule has 1 heterocycles. The number of carbonyl (C=O) groups is 1. The minimum Gasteiger partial charge on any atom is -0.294 e. The van der Waals surface area contributed by atoms with Crippen LogP contribution in [0.15, 0.2) is 30.5 Å². The maximum atomic E-state index is 12.8. The lowest BCUT2D eigenvalue weighted by atomic mass is 10.2. The van der Waals surface area contributed by atoms with Gasteiger partial charge in [-0.1, -0.05) is 0 Å². The molecule has 0 amide bonds. The van der Waals surface area contributed by atoms with Gasteiger partial charge in [0.25, 0.3) is 0 Å². The van der Waals surface area contributed by atoms with Crippen molar-refractivity contribution in [1.82, 2.24) is 9.97 Å². The van der Waals surface area contributed by atoms with E-state index < -0.39 is 0 Å². The molecule has 3 nitrogen and oxygen atoms in total. The van der Waals surface area contributed by atoms with E-state index in [1.54, 1.807) is 18.3 Å². The third-order valence-corrected chi connectivity index (χ3v) is 2.86. The molecule has 1 aromatic carbocycles. The van der Waals surface area contributed by atoms with Crippen molar-refractivity contribution in [1.29, 1.82) is 0 Å². The van der Waals surface area contributed by atoms with Crippen molar-refractivity contribution in [3.05, 3.63) is 47.5 Å². The Labute approximate surface area is 97.3 Å². The van der Waals surface area contributed by atoms with Crippen LogP contribution in [0.2, 0.25) is 0 Å². The topological polar surface area (TPSA) is 42.9 Å². The van der Waals surface area contributed by atoms with Gasteiger partial charge in [-0.3, -0.25) is 4.79 Å². The van der Waals surface area contributed by atoms with Gasteiger partial charge in [0, 0.05) is 18.2 Å². The van der Waals surface area contributed by atoms with Crippen molar-refractivity contribution < 1.29 is 9.18 Å². The second-order valence-corrected chi connectivity index (χ2v) is 3.98. The smallest absolute Gasteiger partial charge is 0.166 e. The lowest BCUT2D eigenvalue weighted by molar-refractivity contribution is 0.0994. The maximum Gasteiger partial charge on any atom is 0.166 e. The van der Waals surface area contributed by atoms with E-state index >= 15 is 0 Å². The van der Waals surface area contributed by atoms with Gasteiger partial charge >= 0.3 is 0 Å². The Morgan fingerprint density at radius 1 is 1.12 bits per heavy atom. The molecule has 0 atom stereocenters. The van der Waals surface area contributed by atoms with E-state index in [2.05, 4.69) is 9.97 Å². The predicted octanol–water partition coefficient (Wildman–Crippen LogP) is 2.41. The van der Waals surface area contributed by atoms with E-state index in [0.29, 0.717) is 24.2 Å². The van der Waals surface area contributed by atoms with E-state index in [1.807, 2.05) is 0 Å². The average Bonchev–Trinajstić information content (AvgIpc) is 2.72. The van der Waals surface area contributed by atoms with Crippen LogP contribution in [0.1, 0.15) is 22.5 Å². The minimum absolute atomic E-state index is 0.102. The van der Waals surface area contributed by atoms with Crippen LogP contribution in [0.4, 0.5) is 4.39 Å². The quantitative estimate of drug-likeness (QED) is 0.752. The molecule has 0 fully saturated rings. The van der Waals surface area contributed by atoms with Crippen LogP contribution in [0.5, 0.6) is 0 Å². The van der Waals surface area contributed by atoms with Crippen molar-refractivity contribution in [2.75, 3.05) is 0 Å². The van der Waals surface area contributed by atoms with Crippen LogP contribution >= 0.6 is 0 Å². The molecule has 84 valence electrons. The molecule has 0 saturated heterocycles. The lowest BCUT2D eigenvalue weighted by Gasteiger charge is -2.02. The van der Waals surface area contributed by atoms with Gasteiger partial charge in [-0.2, -0.15) is 0 Å².